The van der Waals surface area contributed by atoms with Gasteiger partial charge in [0, 0.05) is 19.2 Å². The number of hydrogen-bond donors (Lipinski definition) is 2. The first-order valence-corrected chi connectivity index (χ1v) is 5.60. The molecule has 84 valence electrons. The second-order valence-corrected chi connectivity index (χ2v) is 4.63. The van der Waals surface area contributed by atoms with E-state index in [0.29, 0.717) is 24.4 Å². The largest absolute Gasteiger partial charge is 0.392 e. The van der Waals surface area contributed by atoms with Crippen LogP contribution in [0.25, 0.3) is 0 Å². The van der Waals surface area contributed by atoms with Crippen LogP contribution in [0.1, 0.15) is 27.2 Å². The molecule has 1 rings (SSSR count). The first-order valence-electron chi connectivity index (χ1n) is 5.60. The van der Waals surface area contributed by atoms with E-state index in [2.05, 4.69) is 12.2 Å². The quantitative estimate of drug-likeness (QED) is 0.698. The molecule has 0 spiro atoms. The molecule has 1 heterocycles. The van der Waals surface area contributed by atoms with Gasteiger partial charge < -0.3 is 15.2 Å². The molecule has 3 nitrogen and oxygen atoms in total. The summed E-state index contributed by atoms with van der Waals surface area (Å²) in [6, 6.07) is 0.450. The smallest absolute Gasteiger partial charge is 0.0687 e. The zero-order valence-electron chi connectivity index (χ0n) is 9.49. The van der Waals surface area contributed by atoms with Crippen LogP contribution in [0.5, 0.6) is 0 Å². The Hall–Kier alpha value is -0.120. The van der Waals surface area contributed by atoms with Crippen LogP contribution in [0.4, 0.5) is 0 Å². The molecule has 3 heteroatoms. The molecule has 0 saturated carbocycles. The molecule has 3 atom stereocenters. The zero-order valence-corrected chi connectivity index (χ0v) is 9.49. The molecule has 0 amide bonds. The summed E-state index contributed by atoms with van der Waals surface area (Å²) >= 11 is 0. The van der Waals surface area contributed by atoms with Gasteiger partial charge in [-0.15, -0.1) is 0 Å². The van der Waals surface area contributed by atoms with Crippen LogP contribution < -0.4 is 5.32 Å². The normalized spacial score (nSPS) is 26.8. The van der Waals surface area contributed by atoms with Gasteiger partial charge in [-0.05, 0) is 25.2 Å². The molecule has 1 fully saturated rings. The van der Waals surface area contributed by atoms with Crippen LogP contribution in [0.2, 0.25) is 0 Å². The third-order valence-electron chi connectivity index (χ3n) is 3.09. The maximum absolute atomic E-state index is 9.62. The predicted molar refractivity (Wildman–Crippen MR) is 57.2 cm³/mol. The second kappa shape index (κ2) is 5.69. The van der Waals surface area contributed by atoms with Crippen molar-refractivity contribution in [3.05, 3.63) is 0 Å². The summed E-state index contributed by atoms with van der Waals surface area (Å²) in [5, 5.41) is 13.0. The van der Waals surface area contributed by atoms with Crippen molar-refractivity contribution in [2.24, 2.45) is 11.8 Å². The van der Waals surface area contributed by atoms with Crippen molar-refractivity contribution in [2.45, 2.75) is 39.3 Å². The average molecular weight is 201 g/mol. The summed E-state index contributed by atoms with van der Waals surface area (Å²) in [4.78, 5) is 0. The number of aliphatic hydroxyl groups is 1. The molecular formula is C11H23NO2. The van der Waals surface area contributed by atoms with E-state index in [9.17, 15) is 5.11 Å². The van der Waals surface area contributed by atoms with Crippen molar-refractivity contribution in [2.75, 3.05) is 19.8 Å². The lowest BCUT2D eigenvalue weighted by Crippen LogP contribution is -2.40. The molecule has 0 aliphatic carbocycles. The molecule has 0 radical (unpaired) electrons. The first kappa shape index (κ1) is 12.0. The molecule has 3 unspecified atom stereocenters. The van der Waals surface area contributed by atoms with E-state index >= 15 is 0 Å². The summed E-state index contributed by atoms with van der Waals surface area (Å²) in [5.41, 5.74) is 0. The molecule has 0 aromatic carbocycles. The van der Waals surface area contributed by atoms with Crippen molar-refractivity contribution in [1.29, 1.82) is 0 Å². The van der Waals surface area contributed by atoms with Crippen molar-refractivity contribution >= 4 is 0 Å². The number of nitrogens with one attached hydrogen (secondary N) is 1. The molecular weight excluding hydrogens is 178 g/mol. The van der Waals surface area contributed by atoms with Crippen molar-refractivity contribution in [1.82, 2.24) is 5.32 Å². The van der Waals surface area contributed by atoms with Crippen LogP contribution in [-0.4, -0.2) is 37.0 Å². The van der Waals surface area contributed by atoms with Gasteiger partial charge in [-0.2, -0.15) is 0 Å². The van der Waals surface area contributed by atoms with Crippen molar-refractivity contribution in [3.63, 3.8) is 0 Å². The van der Waals surface area contributed by atoms with Crippen LogP contribution in [0.3, 0.4) is 0 Å². The number of hydrogen-bond acceptors (Lipinski definition) is 3. The number of aliphatic hydroxyl groups excluding tert-OH is 1. The van der Waals surface area contributed by atoms with E-state index in [4.69, 9.17) is 4.74 Å². The van der Waals surface area contributed by atoms with E-state index in [1.165, 1.54) is 0 Å². The third kappa shape index (κ3) is 3.56. The highest BCUT2D eigenvalue weighted by atomic mass is 16.5. The zero-order chi connectivity index (χ0) is 10.6. The van der Waals surface area contributed by atoms with E-state index in [-0.39, 0.29) is 6.10 Å². The van der Waals surface area contributed by atoms with E-state index in [0.717, 1.165) is 19.6 Å². The van der Waals surface area contributed by atoms with Crippen molar-refractivity contribution in [3.8, 4) is 0 Å². The highest BCUT2D eigenvalue weighted by Gasteiger charge is 2.22. The van der Waals surface area contributed by atoms with Gasteiger partial charge in [-0.1, -0.05) is 13.8 Å². The maximum atomic E-state index is 9.62. The minimum atomic E-state index is -0.236. The fourth-order valence-electron chi connectivity index (χ4n) is 1.66. The van der Waals surface area contributed by atoms with Gasteiger partial charge in [0.15, 0.2) is 0 Å². The molecule has 0 bridgehead atoms. The summed E-state index contributed by atoms with van der Waals surface area (Å²) in [7, 11) is 0. The molecule has 2 N–H and O–H groups in total. The SMILES string of the molecule is CC(C)C(O)CNC(C)C1CCOC1. The lowest BCUT2D eigenvalue weighted by Gasteiger charge is -2.22. The minimum Gasteiger partial charge on any atom is -0.392 e. The highest BCUT2D eigenvalue weighted by Crippen LogP contribution is 2.16. The molecule has 14 heavy (non-hydrogen) atoms. The fraction of sp³-hybridized carbons (Fsp3) is 1.00. The fourth-order valence-corrected chi connectivity index (χ4v) is 1.66. The Morgan fingerprint density at radius 1 is 1.43 bits per heavy atom. The topological polar surface area (TPSA) is 41.5 Å². The first-order chi connectivity index (χ1) is 6.61. The predicted octanol–water partition coefficient (Wildman–Crippen LogP) is 1.02. The summed E-state index contributed by atoms with van der Waals surface area (Å²) in [5.74, 6) is 0.948. The summed E-state index contributed by atoms with van der Waals surface area (Å²) < 4.78 is 5.33. The molecule has 0 aromatic heterocycles. The standard InChI is InChI=1S/C11H23NO2/c1-8(2)11(13)6-12-9(3)10-4-5-14-7-10/h8-13H,4-7H2,1-3H3. The Labute approximate surface area is 86.8 Å². The second-order valence-electron chi connectivity index (χ2n) is 4.63. The minimum absolute atomic E-state index is 0.236. The third-order valence-corrected chi connectivity index (χ3v) is 3.09. The van der Waals surface area contributed by atoms with Crippen LogP contribution in [-0.2, 0) is 4.74 Å². The van der Waals surface area contributed by atoms with Gasteiger partial charge in [-0.3, -0.25) is 0 Å². The van der Waals surface area contributed by atoms with E-state index in [1.807, 2.05) is 13.8 Å². The van der Waals surface area contributed by atoms with Gasteiger partial charge in [0.05, 0.1) is 12.7 Å². The Morgan fingerprint density at radius 2 is 2.14 bits per heavy atom. The molecule has 1 saturated heterocycles. The van der Waals surface area contributed by atoms with E-state index in [1.54, 1.807) is 0 Å². The van der Waals surface area contributed by atoms with Gasteiger partial charge in [0.2, 0.25) is 0 Å². The van der Waals surface area contributed by atoms with E-state index < -0.39 is 0 Å². The lowest BCUT2D eigenvalue weighted by molar-refractivity contribution is 0.115. The molecule has 0 aromatic rings. The monoisotopic (exact) mass is 201 g/mol. The average Bonchev–Trinajstić information content (AvgIpc) is 2.66. The molecule has 1 aliphatic heterocycles. The van der Waals surface area contributed by atoms with Crippen molar-refractivity contribution < 1.29 is 9.84 Å². The number of rotatable bonds is 5. The molecule has 1 aliphatic rings. The lowest BCUT2D eigenvalue weighted by atomic mass is 10.00. The maximum Gasteiger partial charge on any atom is 0.0687 e. The number of ether oxygens (including phenoxy) is 1. The summed E-state index contributed by atoms with van der Waals surface area (Å²) in [6.45, 7) is 8.70. The van der Waals surface area contributed by atoms with Gasteiger partial charge in [0.1, 0.15) is 0 Å². The van der Waals surface area contributed by atoms with Gasteiger partial charge in [0.25, 0.3) is 0 Å². The van der Waals surface area contributed by atoms with Crippen LogP contribution in [0.15, 0.2) is 0 Å². The van der Waals surface area contributed by atoms with Crippen LogP contribution >= 0.6 is 0 Å². The van der Waals surface area contributed by atoms with Gasteiger partial charge >= 0.3 is 0 Å². The highest BCUT2D eigenvalue weighted by molar-refractivity contribution is 4.77. The Morgan fingerprint density at radius 3 is 2.64 bits per heavy atom. The summed E-state index contributed by atoms with van der Waals surface area (Å²) in [6.07, 6.45) is 0.908. The Balaban J connectivity index is 2.16. The van der Waals surface area contributed by atoms with Crippen LogP contribution in [0, 0.1) is 11.8 Å². The Bertz CT molecular complexity index is 155. The Kier molecular flexibility index (Phi) is 4.85. The van der Waals surface area contributed by atoms with Gasteiger partial charge in [-0.25, -0.2) is 0 Å².